The van der Waals surface area contributed by atoms with Crippen LogP contribution in [-0.4, -0.2) is 34.6 Å². The van der Waals surface area contributed by atoms with E-state index in [1.54, 1.807) is 12.2 Å². The maximum Gasteiger partial charge on any atom is 0.355 e. The van der Waals surface area contributed by atoms with Gasteiger partial charge in [0.1, 0.15) is 5.70 Å². The second kappa shape index (κ2) is 8.38. The molecule has 0 spiro atoms. The maximum atomic E-state index is 12.4. The highest BCUT2D eigenvalue weighted by Gasteiger charge is 2.30. The molecule has 1 aromatic carbocycles. The number of esters is 2. The number of anilines is 1. The van der Waals surface area contributed by atoms with Crippen molar-refractivity contribution in [1.29, 1.82) is 0 Å². The summed E-state index contributed by atoms with van der Waals surface area (Å²) in [7, 11) is -1.59. The molecule has 27 heavy (non-hydrogen) atoms. The molecule has 0 radical (unpaired) electrons. The topological polar surface area (TPSA) is 116 Å². The maximum absolute atomic E-state index is 12.4. The Morgan fingerprint density at radius 2 is 1.59 bits per heavy atom. The number of ether oxygens (including phenoxy) is 2. The lowest BCUT2D eigenvalue weighted by molar-refractivity contribution is -0.139. The number of halogens is 2. The summed E-state index contributed by atoms with van der Waals surface area (Å²) in [6.07, 6.45) is 6.07. The predicted octanol–water partition coefficient (Wildman–Crippen LogP) is 2.35. The third-order valence-electron chi connectivity index (χ3n) is 3.45. The largest absolute Gasteiger partial charge is 0.465 e. The Bertz CT molecular complexity index is 975. The lowest BCUT2D eigenvalue weighted by Crippen LogP contribution is -2.27. The minimum atomic E-state index is -3.95. The van der Waals surface area contributed by atoms with Gasteiger partial charge in [0.15, 0.2) is 0 Å². The summed E-state index contributed by atoms with van der Waals surface area (Å²) in [5.41, 5.74) is 0.201. The second-order valence-corrected chi connectivity index (χ2v) is 8.37. The zero-order valence-electron chi connectivity index (χ0n) is 14.1. The lowest BCUT2D eigenvalue weighted by atomic mass is 10.1. The zero-order valence-corrected chi connectivity index (χ0v) is 18.1. The standard InChI is InChI=1S/C16H14Br2N2O6S/c1-25-15(21)10-5-3-4-6-20(13(10)16(22)26-2)14-11(17)7-9(8-12(14)18)27(19,23)24/h3-8H,1-2H3,(H2,19,23,24). The van der Waals surface area contributed by atoms with Crippen LogP contribution >= 0.6 is 31.9 Å². The summed E-state index contributed by atoms with van der Waals surface area (Å²) in [5, 5.41) is 5.17. The molecule has 0 bridgehead atoms. The molecular formula is C16H14Br2N2O6S. The van der Waals surface area contributed by atoms with Crippen LogP contribution in [-0.2, 0) is 29.1 Å². The van der Waals surface area contributed by atoms with Crippen molar-refractivity contribution in [1.82, 2.24) is 0 Å². The number of nitrogens with zero attached hydrogens (tertiary/aromatic N) is 1. The summed E-state index contributed by atoms with van der Waals surface area (Å²) in [6.45, 7) is 0. The first-order valence-corrected chi connectivity index (χ1v) is 10.3. The number of sulfonamides is 1. The number of nitrogens with two attached hydrogens (primary N) is 1. The Labute approximate surface area is 172 Å². The zero-order chi connectivity index (χ0) is 20.4. The van der Waals surface area contributed by atoms with Gasteiger partial charge in [-0.3, -0.25) is 0 Å². The van der Waals surface area contributed by atoms with Gasteiger partial charge in [0, 0.05) is 15.1 Å². The summed E-state index contributed by atoms with van der Waals surface area (Å²) >= 11 is 6.57. The fourth-order valence-corrected chi connectivity index (χ4v) is 4.71. The Hall–Kier alpha value is -1.95. The SMILES string of the molecule is COC(=O)C1=C(C(=O)OC)N(c2c(Br)cc(S(N)(=O)=O)cc2Br)C=CC=C1. The van der Waals surface area contributed by atoms with E-state index in [2.05, 4.69) is 31.9 Å². The van der Waals surface area contributed by atoms with Crippen LogP contribution in [0.5, 0.6) is 0 Å². The van der Waals surface area contributed by atoms with Crippen molar-refractivity contribution in [3.63, 3.8) is 0 Å². The molecule has 0 fully saturated rings. The quantitative estimate of drug-likeness (QED) is 0.604. The molecule has 1 aromatic rings. The molecule has 0 amide bonds. The third-order valence-corrected chi connectivity index (χ3v) is 5.55. The van der Waals surface area contributed by atoms with Gasteiger partial charge < -0.3 is 14.4 Å². The van der Waals surface area contributed by atoms with Gasteiger partial charge in [-0.05, 0) is 56.1 Å². The molecule has 0 saturated heterocycles. The Balaban J connectivity index is 2.79. The van der Waals surface area contributed by atoms with Crippen molar-refractivity contribution < 1.29 is 27.5 Å². The molecule has 8 nitrogen and oxygen atoms in total. The van der Waals surface area contributed by atoms with E-state index in [9.17, 15) is 18.0 Å². The monoisotopic (exact) mass is 520 g/mol. The van der Waals surface area contributed by atoms with Gasteiger partial charge in [-0.25, -0.2) is 23.1 Å². The highest BCUT2D eigenvalue weighted by atomic mass is 79.9. The third kappa shape index (κ3) is 4.49. The average Bonchev–Trinajstić information content (AvgIpc) is 2.82. The van der Waals surface area contributed by atoms with Crippen LogP contribution in [0.15, 0.2) is 61.7 Å². The summed E-state index contributed by atoms with van der Waals surface area (Å²) in [5.74, 6) is -1.53. The fraction of sp³-hybridized carbons (Fsp3) is 0.125. The van der Waals surface area contributed by atoms with Gasteiger partial charge in [0.25, 0.3) is 0 Å². The molecule has 0 unspecified atom stereocenters. The number of rotatable bonds is 4. The number of hydrogen-bond acceptors (Lipinski definition) is 7. The van der Waals surface area contributed by atoms with E-state index in [1.165, 1.54) is 43.5 Å². The summed E-state index contributed by atoms with van der Waals surface area (Å²) in [6, 6.07) is 2.57. The summed E-state index contributed by atoms with van der Waals surface area (Å²) in [4.78, 5) is 25.8. The average molecular weight is 522 g/mol. The van der Waals surface area contributed by atoms with Crippen molar-refractivity contribution in [2.24, 2.45) is 5.14 Å². The molecule has 0 saturated carbocycles. The number of methoxy groups -OCH3 is 2. The minimum absolute atomic E-state index is 0.0383. The molecule has 144 valence electrons. The van der Waals surface area contributed by atoms with Crippen molar-refractivity contribution in [3.05, 3.63) is 56.8 Å². The van der Waals surface area contributed by atoms with Crippen LogP contribution in [0.2, 0.25) is 0 Å². The van der Waals surface area contributed by atoms with Crippen LogP contribution in [0.1, 0.15) is 0 Å². The number of primary sulfonamides is 1. The van der Waals surface area contributed by atoms with Crippen LogP contribution in [0, 0.1) is 0 Å². The number of carbonyl (C=O) groups excluding carboxylic acids is 2. The number of benzene rings is 1. The van der Waals surface area contributed by atoms with Gasteiger partial charge >= 0.3 is 11.9 Å². The van der Waals surface area contributed by atoms with Crippen LogP contribution in [0.25, 0.3) is 0 Å². The number of allylic oxidation sites excluding steroid dienone is 2. The van der Waals surface area contributed by atoms with Gasteiger partial charge in [0.2, 0.25) is 10.0 Å². The van der Waals surface area contributed by atoms with Crippen LogP contribution < -0.4 is 10.0 Å². The smallest absolute Gasteiger partial charge is 0.355 e. The first-order valence-electron chi connectivity index (χ1n) is 7.18. The van der Waals surface area contributed by atoms with Gasteiger partial charge in [0.05, 0.1) is 30.4 Å². The Kier molecular flexibility index (Phi) is 6.63. The Morgan fingerprint density at radius 3 is 2.07 bits per heavy atom. The molecule has 0 aromatic heterocycles. The molecule has 1 heterocycles. The van der Waals surface area contributed by atoms with Crippen molar-refractivity contribution in [3.8, 4) is 0 Å². The second-order valence-electron chi connectivity index (χ2n) is 5.10. The molecule has 1 aliphatic heterocycles. The first-order chi connectivity index (χ1) is 12.6. The predicted molar refractivity (Wildman–Crippen MR) is 105 cm³/mol. The van der Waals surface area contributed by atoms with Crippen molar-refractivity contribution in [2.45, 2.75) is 4.90 Å². The number of hydrogen-bond donors (Lipinski definition) is 1. The van der Waals surface area contributed by atoms with Gasteiger partial charge in [-0.1, -0.05) is 6.08 Å². The van der Waals surface area contributed by atoms with Crippen LogP contribution in [0.3, 0.4) is 0 Å². The van der Waals surface area contributed by atoms with E-state index in [-0.39, 0.29) is 16.2 Å². The molecule has 1 aliphatic rings. The van der Waals surface area contributed by atoms with E-state index in [0.29, 0.717) is 14.6 Å². The summed E-state index contributed by atoms with van der Waals surface area (Å²) < 4.78 is 33.4. The van der Waals surface area contributed by atoms with Gasteiger partial charge in [-0.2, -0.15) is 0 Å². The van der Waals surface area contributed by atoms with Crippen LogP contribution in [0.4, 0.5) is 5.69 Å². The first kappa shape index (κ1) is 21.4. The van der Waals surface area contributed by atoms with Crippen molar-refractivity contribution >= 4 is 59.5 Å². The highest BCUT2D eigenvalue weighted by molar-refractivity contribution is 9.11. The van der Waals surface area contributed by atoms with E-state index < -0.39 is 22.0 Å². The number of carbonyl (C=O) groups is 2. The molecule has 0 aliphatic carbocycles. The molecule has 2 rings (SSSR count). The Morgan fingerprint density at radius 1 is 1.04 bits per heavy atom. The van der Waals surface area contributed by atoms with E-state index in [1.807, 2.05) is 0 Å². The fourth-order valence-electron chi connectivity index (χ4n) is 2.27. The molecule has 2 N–H and O–H groups in total. The molecular weight excluding hydrogens is 508 g/mol. The highest BCUT2D eigenvalue weighted by Crippen LogP contribution is 2.40. The van der Waals surface area contributed by atoms with E-state index >= 15 is 0 Å². The molecule has 0 atom stereocenters. The lowest BCUT2D eigenvalue weighted by Gasteiger charge is -2.25. The normalized spacial score (nSPS) is 14.2. The minimum Gasteiger partial charge on any atom is -0.465 e. The van der Waals surface area contributed by atoms with Crippen molar-refractivity contribution in [2.75, 3.05) is 19.1 Å². The van der Waals surface area contributed by atoms with E-state index in [0.717, 1.165) is 0 Å². The molecule has 11 heteroatoms. The van der Waals surface area contributed by atoms with Gasteiger partial charge in [-0.15, -0.1) is 0 Å². The van der Waals surface area contributed by atoms with E-state index in [4.69, 9.17) is 14.6 Å².